The first-order valence-electron chi connectivity index (χ1n) is 11.4. The Morgan fingerprint density at radius 2 is 1.34 bits per heavy atom. The molecule has 0 bridgehead atoms. The smallest absolute Gasteiger partial charge is 0.188 e. The zero-order valence-electron chi connectivity index (χ0n) is 20.7. The van der Waals surface area contributed by atoms with Gasteiger partial charge < -0.3 is 29.5 Å². The summed E-state index contributed by atoms with van der Waals surface area (Å²) in [6.07, 6.45) is 4.89. The third kappa shape index (κ3) is 8.58. The van der Waals surface area contributed by atoms with E-state index in [0.29, 0.717) is 12.8 Å². The maximum Gasteiger partial charge on any atom is 0.188 e. The largest absolute Gasteiger partial charge is 0.394 e. The van der Waals surface area contributed by atoms with Crippen LogP contribution in [0.1, 0.15) is 67.2 Å². The van der Waals surface area contributed by atoms with E-state index >= 15 is 0 Å². The van der Waals surface area contributed by atoms with Crippen LogP contribution >= 0.6 is 0 Å². The normalized spacial score (nSPS) is 29.3. The molecule has 0 spiro atoms. The average Bonchev–Trinajstić information content (AvgIpc) is 2.72. The average molecular weight is 453 g/mol. The molecule has 1 aliphatic rings. The van der Waals surface area contributed by atoms with Crippen LogP contribution in [0.4, 0.5) is 0 Å². The van der Waals surface area contributed by atoms with Crippen LogP contribution in [0.15, 0.2) is 48.6 Å². The van der Waals surface area contributed by atoms with Gasteiger partial charge in [-0.05, 0) is 67.2 Å². The van der Waals surface area contributed by atoms with Gasteiger partial charge in [-0.2, -0.15) is 0 Å². The van der Waals surface area contributed by atoms with Crippen molar-refractivity contribution < 1.29 is 29.5 Å². The van der Waals surface area contributed by atoms with Crippen LogP contribution in [0.3, 0.4) is 0 Å². The van der Waals surface area contributed by atoms with Gasteiger partial charge in [-0.1, -0.05) is 35.5 Å². The summed E-state index contributed by atoms with van der Waals surface area (Å²) in [5.41, 5.74) is 0.884. The monoisotopic (exact) mass is 452 g/mol. The van der Waals surface area contributed by atoms with Crippen molar-refractivity contribution in [3.05, 3.63) is 48.6 Å². The molecule has 1 fully saturated rings. The first kappa shape index (κ1) is 28.8. The molecule has 0 aromatic heterocycles. The minimum absolute atomic E-state index is 0.452. The zero-order chi connectivity index (χ0) is 24.5. The van der Waals surface area contributed by atoms with Gasteiger partial charge in [0.25, 0.3) is 0 Å². The number of ether oxygens (including phenoxy) is 3. The molecule has 1 heterocycles. The van der Waals surface area contributed by atoms with Gasteiger partial charge in [-0.3, -0.25) is 0 Å². The second-order valence-corrected chi connectivity index (χ2v) is 9.58. The molecule has 0 saturated carbocycles. The Bertz CT molecular complexity index is 663. The van der Waals surface area contributed by atoms with Gasteiger partial charge in [0.15, 0.2) is 6.29 Å². The Kier molecular flexibility index (Phi) is 11.5. The van der Waals surface area contributed by atoms with E-state index in [1.54, 1.807) is 12.2 Å². The first-order chi connectivity index (χ1) is 14.9. The molecular weight excluding hydrogens is 408 g/mol. The molecule has 184 valence electrons. The fraction of sp³-hybridized carbons (Fsp3) is 0.692. The lowest BCUT2D eigenvalue weighted by atomic mass is 9.94. The van der Waals surface area contributed by atoms with E-state index in [0.717, 1.165) is 12.8 Å². The van der Waals surface area contributed by atoms with Crippen molar-refractivity contribution in [2.24, 2.45) is 0 Å². The molecule has 0 aromatic rings. The van der Waals surface area contributed by atoms with E-state index in [9.17, 15) is 15.3 Å². The molecule has 0 aromatic carbocycles. The lowest BCUT2D eigenvalue weighted by Crippen LogP contribution is -2.62. The van der Waals surface area contributed by atoms with Crippen molar-refractivity contribution in [1.29, 1.82) is 0 Å². The summed E-state index contributed by atoms with van der Waals surface area (Å²) in [6, 6.07) is 0. The summed E-state index contributed by atoms with van der Waals surface area (Å²) < 4.78 is 18.5. The van der Waals surface area contributed by atoms with Gasteiger partial charge in [0.1, 0.15) is 24.4 Å². The number of hydrogen-bond acceptors (Lipinski definition) is 6. The van der Waals surface area contributed by atoms with Gasteiger partial charge >= 0.3 is 0 Å². The predicted molar refractivity (Wildman–Crippen MR) is 128 cm³/mol. The van der Waals surface area contributed by atoms with Gasteiger partial charge in [0.05, 0.1) is 17.8 Å². The maximum atomic E-state index is 10.9. The van der Waals surface area contributed by atoms with Crippen LogP contribution in [0.5, 0.6) is 0 Å². The van der Waals surface area contributed by atoms with Gasteiger partial charge in [-0.15, -0.1) is 13.2 Å². The zero-order valence-corrected chi connectivity index (χ0v) is 20.7. The molecule has 3 unspecified atom stereocenters. The van der Waals surface area contributed by atoms with Gasteiger partial charge in [0.2, 0.25) is 0 Å². The minimum atomic E-state index is -1.31. The first-order valence-corrected chi connectivity index (χ1v) is 11.4. The van der Waals surface area contributed by atoms with E-state index in [2.05, 4.69) is 25.3 Å². The Morgan fingerprint density at radius 3 is 1.75 bits per heavy atom. The van der Waals surface area contributed by atoms with Crippen LogP contribution in [-0.2, 0) is 14.2 Å². The molecule has 32 heavy (non-hydrogen) atoms. The number of aliphatic hydroxyl groups is 3. The third-order valence-electron chi connectivity index (χ3n) is 5.87. The van der Waals surface area contributed by atoms with E-state index in [4.69, 9.17) is 14.2 Å². The Balaban J connectivity index is 3.13. The Labute approximate surface area is 194 Å². The Morgan fingerprint density at radius 1 is 0.875 bits per heavy atom. The van der Waals surface area contributed by atoms with Crippen LogP contribution < -0.4 is 0 Å². The number of rotatable bonds is 13. The Hall–Kier alpha value is -1.28. The molecule has 0 radical (unpaired) electrons. The second-order valence-electron chi connectivity index (χ2n) is 9.58. The van der Waals surface area contributed by atoms with Gasteiger partial charge in [-0.25, -0.2) is 0 Å². The summed E-state index contributed by atoms with van der Waals surface area (Å²) in [7, 11) is 0. The highest BCUT2D eigenvalue weighted by molar-refractivity contribution is 5.03. The van der Waals surface area contributed by atoms with E-state index in [1.807, 2.05) is 41.5 Å². The van der Waals surface area contributed by atoms with Crippen molar-refractivity contribution in [3.8, 4) is 0 Å². The second kappa shape index (κ2) is 12.8. The number of allylic oxidation sites excluding steroid dienone is 4. The van der Waals surface area contributed by atoms with Crippen LogP contribution in [0, 0.1) is 0 Å². The summed E-state index contributed by atoms with van der Waals surface area (Å²) in [5.74, 6) is 0. The lowest BCUT2D eigenvalue weighted by molar-refractivity contribution is -0.338. The van der Waals surface area contributed by atoms with Crippen molar-refractivity contribution in [2.75, 3.05) is 6.61 Å². The molecular formula is C26H44O6. The SMILES string of the molecule is C=CC(C)(CCC=C(C)C)OC1O[C@H](CO)[C@@H](O)[C@H](O)[C@H]1OC(C)(C=C)CCC=C(C)C. The third-order valence-corrected chi connectivity index (χ3v) is 5.87. The van der Waals surface area contributed by atoms with Crippen LogP contribution in [0.25, 0.3) is 0 Å². The predicted octanol–water partition coefficient (Wildman–Crippen LogP) is 4.21. The molecule has 3 N–H and O–H groups in total. The standard InChI is InChI=1S/C26H44O6/c1-9-25(7,15-11-13-18(3)4)31-23-22(29)21(28)20(17-27)30-24(23)32-26(8,10-2)16-12-14-19(5)6/h9-10,13-14,20-24,27-29H,1-2,11-12,15-17H2,3-8H3/t20-,21-,22+,23-,24?,25?,26?/m1/s1. The van der Waals surface area contributed by atoms with Crippen molar-refractivity contribution in [1.82, 2.24) is 0 Å². The number of aliphatic hydroxyl groups excluding tert-OH is 3. The highest BCUT2D eigenvalue weighted by Crippen LogP contribution is 2.34. The fourth-order valence-electron chi connectivity index (χ4n) is 3.57. The van der Waals surface area contributed by atoms with Crippen molar-refractivity contribution in [2.45, 2.75) is 109 Å². The molecule has 6 heteroatoms. The molecule has 7 atom stereocenters. The molecule has 0 aliphatic carbocycles. The molecule has 0 amide bonds. The topological polar surface area (TPSA) is 88.4 Å². The molecule has 1 rings (SSSR count). The molecule has 1 aliphatic heterocycles. The quantitative estimate of drug-likeness (QED) is 0.363. The van der Waals surface area contributed by atoms with E-state index < -0.39 is 48.5 Å². The number of hydrogen-bond donors (Lipinski definition) is 3. The highest BCUT2D eigenvalue weighted by atomic mass is 16.7. The van der Waals surface area contributed by atoms with Crippen LogP contribution in [0.2, 0.25) is 0 Å². The minimum Gasteiger partial charge on any atom is -0.394 e. The van der Waals surface area contributed by atoms with Crippen molar-refractivity contribution in [3.63, 3.8) is 0 Å². The summed E-state index contributed by atoms with van der Waals surface area (Å²) in [5, 5.41) is 31.0. The summed E-state index contributed by atoms with van der Waals surface area (Å²) in [4.78, 5) is 0. The van der Waals surface area contributed by atoms with Crippen LogP contribution in [-0.4, -0.2) is 63.8 Å². The highest BCUT2D eigenvalue weighted by Gasteiger charge is 2.49. The van der Waals surface area contributed by atoms with E-state index in [1.165, 1.54) is 11.1 Å². The van der Waals surface area contributed by atoms with Crippen molar-refractivity contribution >= 4 is 0 Å². The van der Waals surface area contributed by atoms with E-state index in [-0.39, 0.29) is 0 Å². The summed E-state index contributed by atoms with van der Waals surface area (Å²) in [6.45, 7) is 19.3. The molecule has 6 nitrogen and oxygen atoms in total. The fourth-order valence-corrected chi connectivity index (χ4v) is 3.57. The molecule has 1 saturated heterocycles. The lowest BCUT2D eigenvalue weighted by Gasteiger charge is -2.46. The van der Waals surface area contributed by atoms with Gasteiger partial charge in [0, 0.05) is 0 Å². The maximum absolute atomic E-state index is 10.9. The summed E-state index contributed by atoms with van der Waals surface area (Å²) >= 11 is 0.